The lowest BCUT2D eigenvalue weighted by Crippen LogP contribution is -2.00. The van der Waals surface area contributed by atoms with Gasteiger partial charge < -0.3 is 10.1 Å². The number of benzene rings is 1. The summed E-state index contributed by atoms with van der Waals surface area (Å²) in [5.74, 6) is 2.17. The Bertz CT molecular complexity index is 594. The molecule has 1 heterocycles. The van der Waals surface area contributed by atoms with E-state index in [2.05, 4.69) is 59.1 Å². The molecule has 2 aromatic rings. The van der Waals surface area contributed by atoms with Crippen LogP contribution in [0.2, 0.25) is 0 Å². The van der Waals surface area contributed by atoms with Gasteiger partial charge in [0.1, 0.15) is 11.6 Å². The topological polar surface area (TPSA) is 34.1 Å². The zero-order chi connectivity index (χ0) is 14.7. The second kappa shape index (κ2) is 6.27. The molecule has 106 valence electrons. The van der Waals surface area contributed by atoms with Gasteiger partial charge in [0.25, 0.3) is 0 Å². The van der Waals surface area contributed by atoms with Gasteiger partial charge in [0.15, 0.2) is 0 Å². The normalized spacial score (nSPS) is 10.7. The minimum atomic E-state index is 0.406. The maximum atomic E-state index is 5.46. The SMILES string of the molecule is COc1cc(C)c(Nc2ccc(Br)cn2)cc1C(C)C. The lowest BCUT2D eigenvalue weighted by atomic mass is 9.99. The molecule has 1 aromatic heterocycles. The second-order valence-corrected chi connectivity index (χ2v) is 5.97. The van der Waals surface area contributed by atoms with Crippen LogP contribution in [0.3, 0.4) is 0 Å². The van der Waals surface area contributed by atoms with Crippen LogP contribution in [0.5, 0.6) is 5.75 Å². The summed E-state index contributed by atoms with van der Waals surface area (Å²) in [5.41, 5.74) is 3.39. The van der Waals surface area contributed by atoms with Gasteiger partial charge in [-0.1, -0.05) is 13.8 Å². The lowest BCUT2D eigenvalue weighted by molar-refractivity contribution is 0.407. The number of hydrogen-bond donors (Lipinski definition) is 1. The molecule has 1 N–H and O–H groups in total. The van der Waals surface area contributed by atoms with Crippen molar-refractivity contribution >= 4 is 27.4 Å². The van der Waals surface area contributed by atoms with Crippen LogP contribution in [0.25, 0.3) is 0 Å². The third-order valence-electron chi connectivity index (χ3n) is 3.19. The maximum absolute atomic E-state index is 5.46. The van der Waals surface area contributed by atoms with E-state index in [1.807, 2.05) is 12.1 Å². The summed E-state index contributed by atoms with van der Waals surface area (Å²) in [6.07, 6.45) is 1.78. The van der Waals surface area contributed by atoms with Crippen molar-refractivity contribution in [3.05, 3.63) is 46.1 Å². The van der Waals surface area contributed by atoms with Crippen LogP contribution in [-0.2, 0) is 0 Å². The van der Waals surface area contributed by atoms with E-state index >= 15 is 0 Å². The Labute approximate surface area is 128 Å². The quantitative estimate of drug-likeness (QED) is 0.851. The van der Waals surface area contributed by atoms with Crippen LogP contribution in [0.1, 0.15) is 30.9 Å². The Morgan fingerprint density at radius 2 is 2.00 bits per heavy atom. The van der Waals surface area contributed by atoms with Crippen LogP contribution >= 0.6 is 15.9 Å². The van der Waals surface area contributed by atoms with Crippen LogP contribution in [-0.4, -0.2) is 12.1 Å². The number of nitrogens with one attached hydrogen (secondary N) is 1. The maximum Gasteiger partial charge on any atom is 0.130 e. The zero-order valence-electron chi connectivity index (χ0n) is 12.2. The Morgan fingerprint density at radius 1 is 1.25 bits per heavy atom. The molecule has 0 atom stereocenters. The monoisotopic (exact) mass is 334 g/mol. The number of hydrogen-bond acceptors (Lipinski definition) is 3. The number of halogens is 1. The van der Waals surface area contributed by atoms with Gasteiger partial charge in [0, 0.05) is 16.4 Å². The molecular formula is C16H19BrN2O. The Morgan fingerprint density at radius 3 is 2.55 bits per heavy atom. The highest BCUT2D eigenvalue weighted by Gasteiger charge is 2.11. The van der Waals surface area contributed by atoms with E-state index in [4.69, 9.17) is 4.74 Å². The lowest BCUT2D eigenvalue weighted by Gasteiger charge is -2.17. The molecule has 2 rings (SSSR count). The summed E-state index contributed by atoms with van der Waals surface area (Å²) in [7, 11) is 1.71. The first-order valence-corrected chi connectivity index (χ1v) is 7.37. The van der Waals surface area contributed by atoms with Crippen molar-refractivity contribution in [2.24, 2.45) is 0 Å². The van der Waals surface area contributed by atoms with E-state index in [0.29, 0.717) is 5.92 Å². The minimum absolute atomic E-state index is 0.406. The molecule has 20 heavy (non-hydrogen) atoms. The first kappa shape index (κ1) is 14.9. The van der Waals surface area contributed by atoms with Crippen LogP contribution in [0.4, 0.5) is 11.5 Å². The molecule has 0 radical (unpaired) electrons. The predicted molar refractivity (Wildman–Crippen MR) is 87.0 cm³/mol. The van der Waals surface area contributed by atoms with Crippen LogP contribution in [0, 0.1) is 6.92 Å². The summed E-state index contributed by atoms with van der Waals surface area (Å²) in [5, 5.41) is 3.36. The molecule has 3 nitrogen and oxygen atoms in total. The van der Waals surface area contributed by atoms with Crippen molar-refractivity contribution in [1.29, 1.82) is 0 Å². The van der Waals surface area contributed by atoms with E-state index in [1.165, 1.54) is 5.56 Å². The van der Waals surface area contributed by atoms with Crippen molar-refractivity contribution in [1.82, 2.24) is 4.98 Å². The molecule has 0 aliphatic carbocycles. The molecule has 0 bridgehead atoms. The highest BCUT2D eigenvalue weighted by atomic mass is 79.9. The van der Waals surface area contributed by atoms with Gasteiger partial charge in [-0.15, -0.1) is 0 Å². The fourth-order valence-electron chi connectivity index (χ4n) is 2.05. The number of ether oxygens (including phenoxy) is 1. The van der Waals surface area contributed by atoms with Gasteiger partial charge in [0.2, 0.25) is 0 Å². The highest BCUT2D eigenvalue weighted by molar-refractivity contribution is 9.10. The average molecular weight is 335 g/mol. The summed E-state index contributed by atoms with van der Waals surface area (Å²) < 4.78 is 6.43. The Kier molecular flexibility index (Phi) is 4.65. The third-order valence-corrected chi connectivity index (χ3v) is 3.66. The molecule has 0 spiro atoms. The summed E-state index contributed by atoms with van der Waals surface area (Å²) in [4.78, 5) is 4.34. The van der Waals surface area contributed by atoms with E-state index in [9.17, 15) is 0 Å². The van der Waals surface area contributed by atoms with Gasteiger partial charge in [-0.3, -0.25) is 0 Å². The number of methoxy groups -OCH3 is 1. The number of pyridine rings is 1. The number of anilines is 2. The molecule has 0 fully saturated rings. The minimum Gasteiger partial charge on any atom is -0.496 e. The molecule has 0 aliphatic rings. The first-order chi connectivity index (χ1) is 9.51. The van der Waals surface area contributed by atoms with E-state index in [-0.39, 0.29) is 0 Å². The van der Waals surface area contributed by atoms with Gasteiger partial charge in [-0.2, -0.15) is 0 Å². The molecule has 0 unspecified atom stereocenters. The van der Waals surface area contributed by atoms with Crippen molar-refractivity contribution in [3.8, 4) is 5.75 Å². The summed E-state index contributed by atoms with van der Waals surface area (Å²) in [6.45, 7) is 6.39. The molecule has 1 aromatic carbocycles. The Hall–Kier alpha value is -1.55. The fraction of sp³-hybridized carbons (Fsp3) is 0.312. The van der Waals surface area contributed by atoms with E-state index < -0.39 is 0 Å². The van der Waals surface area contributed by atoms with Crippen molar-refractivity contribution in [2.45, 2.75) is 26.7 Å². The van der Waals surface area contributed by atoms with Gasteiger partial charge in [-0.25, -0.2) is 4.98 Å². The van der Waals surface area contributed by atoms with E-state index in [0.717, 1.165) is 27.3 Å². The van der Waals surface area contributed by atoms with Crippen LogP contribution in [0.15, 0.2) is 34.9 Å². The number of nitrogens with zero attached hydrogens (tertiary/aromatic N) is 1. The molecule has 0 aliphatic heterocycles. The van der Waals surface area contributed by atoms with Gasteiger partial charge in [0.05, 0.1) is 7.11 Å². The first-order valence-electron chi connectivity index (χ1n) is 6.58. The largest absolute Gasteiger partial charge is 0.496 e. The molecule has 4 heteroatoms. The average Bonchev–Trinajstić information content (AvgIpc) is 2.42. The molecule has 0 amide bonds. The highest BCUT2D eigenvalue weighted by Crippen LogP contribution is 2.33. The summed E-state index contributed by atoms with van der Waals surface area (Å²) >= 11 is 3.39. The number of aryl methyl sites for hydroxylation is 1. The van der Waals surface area contributed by atoms with Crippen molar-refractivity contribution in [2.75, 3.05) is 12.4 Å². The number of rotatable bonds is 4. The standard InChI is InChI=1S/C16H19BrN2O/c1-10(2)13-8-14(11(3)7-15(13)20-4)19-16-6-5-12(17)9-18-16/h5-10H,1-4H3,(H,18,19). The van der Waals surface area contributed by atoms with Gasteiger partial charge >= 0.3 is 0 Å². The van der Waals surface area contributed by atoms with E-state index in [1.54, 1.807) is 13.3 Å². The van der Waals surface area contributed by atoms with Crippen LogP contribution < -0.4 is 10.1 Å². The fourth-order valence-corrected chi connectivity index (χ4v) is 2.28. The predicted octanol–water partition coefficient (Wildman–Crippen LogP) is 5.03. The zero-order valence-corrected chi connectivity index (χ0v) is 13.8. The molecular weight excluding hydrogens is 316 g/mol. The molecule has 0 saturated carbocycles. The smallest absolute Gasteiger partial charge is 0.130 e. The second-order valence-electron chi connectivity index (χ2n) is 5.05. The molecule has 0 saturated heterocycles. The summed E-state index contributed by atoms with van der Waals surface area (Å²) in [6, 6.07) is 8.12. The third kappa shape index (κ3) is 3.31. The Balaban J connectivity index is 2.36. The van der Waals surface area contributed by atoms with Crippen molar-refractivity contribution in [3.63, 3.8) is 0 Å². The van der Waals surface area contributed by atoms with Gasteiger partial charge in [-0.05, 0) is 64.2 Å². The van der Waals surface area contributed by atoms with Crippen molar-refractivity contribution < 1.29 is 4.74 Å². The number of aromatic nitrogens is 1.